The standard InChI is InChI=1S/C10H13Br2NO3S/c1-2-17(15,16)10(11,12)9(14)7-4-3-5-8(13)6-7/h3-6,9,14H,2,13H2,1H3/t9-/m1/s1. The molecule has 0 radical (unpaired) electrons. The van der Waals surface area contributed by atoms with E-state index in [0.29, 0.717) is 11.3 Å². The van der Waals surface area contributed by atoms with Gasteiger partial charge in [0.15, 0.2) is 9.84 Å². The quantitative estimate of drug-likeness (QED) is 0.613. The van der Waals surface area contributed by atoms with E-state index in [1.54, 1.807) is 18.2 Å². The Bertz CT molecular complexity index is 502. The lowest BCUT2D eigenvalue weighted by molar-refractivity contribution is 0.189. The molecule has 1 aromatic rings. The SMILES string of the molecule is CCS(=O)(=O)C(Br)(Br)[C@H](O)c1cccc(N)c1. The molecule has 0 fully saturated rings. The van der Waals surface area contributed by atoms with E-state index in [2.05, 4.69) is 31.9 Å². The average Bonchev–Trinajstić information content (AvgIpc) is 2.27. The fourth-order valence-electron chi connectivity index (χ4n) is 1.29. The van der Waals surface area contributed by atoms with Crippen molar-refractivity contribution >= 4 is 47.4 Å². The number of hydrogen-bond acceptors (Lipinski definition) is 4. The molecular formula is C10H13Br2NO3S. The fraction of sp³-hybridized carbons (Fsp3) is 0.400. The van der Waals surface area contributed by atoms with Crippen molar-refractivity contribution in [2.45, 2.75) is 15.6 Å². The second-order valence-corrected chi connectivity index (χ2v) is 10.6. The van der Waals surface area contributed by atoms with Gasteiger partial charge < -0.3 is 10.8 Å². The van der Waals surface area contributed by atoms with Crippen molar-refractivity contribution in [2.75, 3.05) is 11.5 Å². The van der Waals surface area contributed by atoms with Gasteiger partial charge in [-0.1, -0.05) is 50.9 Å². The van der Waals surface area contributed by atoms with Crippen molar-refractivity contribution in [3.63, 3.8) is 0 Å². The summed E-state index contributed by atoms with van der Waals surface area (Å²) in [5.74, 6) is -0.0944. The van der Waals surface area contributed by atoms with Gasteiger partial charge in [0.25, 0.3) is 0 Å². The lowest BCUT2D eigenvalue weighted by Gasteiger charge is -2.26. The largest absolute Gasteiger partial charge is 0.399 e. The Kier molecular flexibility index (Phi) is 4.62. The molecule has 7 heteroatoms. The second kappa shape index (κ2) is 5.26. The van der Waals surface area contributed by atoms with Gasteiger partial charge in [-0.15, -0.1) is 0 Å². The number of alkyl halides is 2. The number of aliphatic hydroxyl groups is 1. The number of sulfone groups is 1. The summed E-state index contributed by atoms with van der Waals surface area (Å²) in [5, 5.41) is 10.1. The molecular weight excluding hydrogens is 374 g/mol. The minimum Gasteiger partial charge on any atom is -0.399 e. The highest BCUT2D eigenvalue weighted by atomic mass is 79.9. The third-order valence-electron chi connectivity index (χ3n) is 2.34. The number of nitrogen functional groups attached to an aromatic ring is 1. The summed E-state index contributed by atoms with van der Waals surface area (Å²) < 4.78 is 22.1. The van der Waals surface area contributed by atoms with Crippen LogP contribution in [0, 0.1) is 0 Å². The Morgan fingerprint density at radius 3 is 2.53 bits per heavy atom. The summed E-state index contributed by atoms with van der Waals surface area (Å²) in [6, 6.07) is 6.47. The van der Waals surface area contributed by atoms with E-state index in [1.807, 2.05) is 0 Å². The van der Waals surface area contributed by atoms with E-state index in [-0.39, 0.29) is 5.75 Å². The minimum absolute atomic E-state index is 0.0944. The minimum atomic E-state index is -3.52. The number of aliphatic hydroxyl groups excluding tert-OH is 1. The zero-order chi connectivity index (χ0) is 13.3. The first-order chi connectivity index (χ1) is 7.72. The maximum Gasteiger partial charge on any atom is 0.210 e. The molecule has 0 aliphatic heterocycles. The first-order valence-electron chi connectivity index (χ1n) is 4.86. The summed E-state index contributed by atoms with van der Waals surface area (Å²) in [7, 11) is -3.52. The normalized spacial score (nSPS) is 14.6. The zero-order valence-corrected chi connectivity index (χ0v) is 13.1. The molecule has 1 rings (SSSR count). The molecule has 0 aliphatic carbocycles. The van der Waals surface area contributed by atoms with Crippen LogP contribution in [0.1, 0.15) is 18.6 Å². The number of nitrogens with two attached hydrogens (primary N) is 1. The number of anilines is 1. The average molecular weight is 387 g/mol. The third-order valence-corrected chi connectivity index (χ3v) is 7.98. The van der Waals surface area contributed by atoms with E-state index < -0.39 is 18.5 Å². The zero-order valence-electron chi connectivity index (χ0n) is 9.10. The molecule has 4 nitrogen and oxygen atoms in total. The molecule has 0 bridgehead atoms. The van der Waals surface area contributed by atoms with Gasteiger partial charge >= 0.3 is 0 Å². The van der Waals surface area contributed by atoms with Crippen LogP contribution in [0.5, 0.6) is 0 Å². The van der Waals surface area contributed by atoms with Gasteiger partial charge in [0.2, 0.25) is 2.57 Å². The van der Waals surface area contributed by atoms with Crippen LogP contribution in [0.2, 0.25) is 0 Å². The van der Waals surface area contributed by atoms with Crippen molar-refractivity contribution in [3.05, 3.63) is 29.8 Å². The molecule has 1 aromatic carbocycles. The first-order valence-corrected chi connectivity index (χ1v) is 8.10. The topological polar surface area (TPSA) is 80.4 Å². The number of hydrogen-bond donors (Lipinski definition) is 2. The van der Waals surface area contributed by atoms with Crippen LogP contribution in [-0.4, -0.2) is 21.8 Å². The van der Waals surface area contributed by atoms with Crippen molar-refractivity contribution in [2.24, 2.45) is 0 Å². The molecule has 3 N–H and O–H groups in total. The van der Waals surface area contributed by atoms with Crippen LogP contribution in [0.3, 0.4) is 0 Å². The maximum absolute atomic E-state index is 11.8. The molecule has 0 amide bonds. The van der Waals surface area contributed by atoms with Gasteiger partial charge in [-0.25, -0.2) is 8.42 Å². The Morgan fingerprint density at radius 2 is 2.06 bits per heavy atom. The highest BCUT2D eigenvalue weighted by Gasteiger charge is 2.45. The van der Waals surface area contributed by atoms with Crippen molar-refractivity contribution in [1.29, 1.82) is 0 Å². The molecule has 0 aliphatic rings. The summed E-state index contributed by atoms with van der Waals surface area (Å²) in [6.45, 7) is 1.51. The van der Waals surface area contributed by atoms with Crippen LogP contribution in [0.4, 0.5) is 5.69 Å². The van der Waals surface area contributed by atoms with Crippen molar-refractivity contribution in [1.82, 2.24) is 0 Å². The van der Waals surface area contributed by atoms with Crippen molar-refractivity contribution < 1.29 is 13.5 Å². The van der Waals surface area contributed by atoms with Gasteiger partial charge in [0, 0.05) is 11.4 Å². The molecule has 0 aromatic heterocycles. The number of halogens is 2. The number of rotatable bonds is 4. The predicted octanol–water partition coefficient (Wildman–Crippen LogP) is 2.18. The van der Waals surface area contributed by atoms with E-state index in [0.717, 1.165) is 0 Å². The van der Waals surface area contributed by atoms with E-state index in [9.17, 15) is 13.5 Å². The lowest BCUT2D eigenvalue weighted by atomic mass is 10.1. The molecule has 0 saturated carbocycles. The van der Waals surface area contributed by atoms with Crippen LogP contribution < -0.4 is 5.73 Å². The van der Waals surface area contributed by atoms with Gasteiger partial charge in [-0.2, -0.15) is 0 Å². The van der Waals surface area contributed by atoms with Gasteiger partial charge in [0.1, 0.15) is 6.10 Å². The van der Waals surface area contributed by atoms with Gasteiger partial charge in [0.05, 0.1) is 0 Å². The molecule has 96 valence electrons. The van der Waals surface area contributed by atoms with E-state index in [1.165, 1.54) is 13.0 Å². The fourth-order valence-corrected chi connectivity index (χ4v) is 4.05. The Hall–Kier alpha value is -0.110. The third kappa shape index (κ3) is 3.01. The lowest BCUT2D eigenvalue weighted by Crippen LogP contribution is -2.33. The Labute approximate surface area is 117 Å². The molecule has 17 heavy (non-hydrogen) atoms. The summed E-state index contributed by atoms with van der Waals surface area (Å²) in [4.78, 5) is 0. The highest BCUT2D eigenvalue weighted by molar-refractivity contribution is 9.28. The highest BCUT2D eigenvalue weighted by Crippen LogP contribution is 2.44. The number of benzene rings is 1. The second-order valence-electron chi connectivity index (χ2n) is 3.54. The smallest absolute Gasteiger partial charge is 0.210 e. The first kappa shape index (κ1) is 14.9. The monoisotopic (exact) mass is 385 g/mol. The van der Waals surface area contributed by atoms with E-state index >= 15 is 0 Å². The molecule has 1 atom stereocenters. The van der Waals surface area contributed by atoms with Crippen LogP contribution in [0.25, 0.3) is 0 Å². The Morgan fingerprint density at radius 1 is 1.47 bits per heavy atom. The van der Waals surface area contributed by atoms with Gasteiger partial charge in [-0.3, -0.25) is 0 Å². The van der Waals surface area contributed by atoms with E-state index in [4.69, 9.17) is 5.73 Å². The van der Waals surface area contributed by atoms with Crippen LogP contribution in [0.15, 0.2) is 24.3 Å². The maximum atomic E-state index is 11.8. The Balaban J connectivity index is 3.17. The molecule has 0 saturated heterocycles. The molecule has 0 unspecified atom stereocenters. The molecule has 0 spiro atoms. The summed E-state index contributed by atoms with van der Waals surface area (Å²) >= 11 is 6.06. The summed E-state index contributed by atoms with van der Waals surface area (Å²) in [6.07, 6.45) is -1.25. The van der Waals surface area contributed by atoms with Gasteiger partial charge in [-0.05, 0) is 17.7 Å². The summed E-state index contributed by atoms with van der Waals surface area (Å²) in [5.41, 5.74) is 6.48. The van der Waals surface area contributed by atoms with Crippen LogP contribution >= 0.6 is 31.9 Å². The molecule has 0 heterocycles. The van der Waals surface area contributed by atoms with Crippen molar-refractivity contribution in [3.8, 4) is 0 Å². The van der Waals surface area contributed by atoms with Crippen LogP contribution in [-0.2, 0) is 9.84 Å². The predicted molar refractivity (Wildman–Crippen MR) is 75.9 cm³/mol.